The summed E-state index contributed by atoms with van der Waals surface area (Å²) in [5, 5.41) is 9.02. The summed E-state index contributed by atoms with van der Waals surface area (Å²) in [6.07, 6.45) is 0. The molecular weight excluding hydrogens is 329 g/mol. The van der Waals surface area contributed by atoms with E-state index in [0.717, 1.165) is 10.0 Å². The molecule has 84 valence electrons. The van der Waals surface area contributed by atoms with Gasteiger partial charge >= 0.3 is 5.97 Å². The predicted molar refractivity (Wildman–Crippen MR) is 68.0 cm³/mol. The number of carbonyl (C=O) groups is 2. The molecule has 0 fully saturated rings. The van der Waals surface area contributed by atoms with Gasteiger partial charge in [0.25, 0.3) is 0 Å². The number of halogens is 1. The highest BCUT2D eigenvalue weighted by molar-refractivity contribution is 14.1. The summed E-state index contributed by atoms with van der Waals surface area (Å²) in [6.45, 7) is 3.16. The van der Waals surface area contributed by atoms with Gasteiger partial charge in [0.2, 0.25) is 5.91 Å². The van der Waals surface area contributed by atoms with Crippen molar-refractivity contribution in [3.8, 4) is 0 Å². The Bertz CT molecular complexity index is 329. The molecule has 1 N–H and O–H groups in total. The van der Waals surface area contributed by atoms with Gasteiger partial charge in [-0.05, 0) is 12.5 Å². The summed E-state index contributed by atoms with van der Waals surface area (Å²) in [5.41, 5.74) is 0.909. The number of hydrogen-bond donors (Lipinski definition) is 1. The van der Waals surface area contributed by atoms with Crippen molar-refractivity contribution >= 4 is 46.2 Å². The molecule has 0 unspecified atom stereocenters. The number of carbonyl (C=O) groups excluding carboxylic acids is 1. The van der Waals surface area contributed by atoms with Crippen molar-refractivity contribution in [2.24, 2.45) is 0 Å². The monoisotopic (exact) mass is 341 g/mol. The van der Waals surface area contributed by atoms with Crippen LogP contribution in [0, 0.1) is 0 Å². The molecule has 0 spiro atoms. The number of hydrogen-bond acceptors (Lipinski definition) is 3. The van der Waals surface area contributed by atoms with E-state index in [1.807, 2.05) is 0 Å². The van der Waals surface area contributed by atoms with Crippen LogP contribution in [-0.4, -0.2) is 37.4 Å². The Balaban J connectivity index is 3.14. The molecule has 1 aliphatic rings. The fourth-order valence-electron chi connectivity index (χ4n) is 1.47. The second-order valence-corrected chi connectivity index (χ2v) is 5.29. The van der Waals surface area contributed by atoms with Gasteiger partial charge in [-0.25, -0.2) is 4.79 Å². The molecule has 1 amide bonds. The third-order valence-electron chi connectivity index (χ3n) is 2.10. The van der Waals surface area contributed by atoms with Crippen LogP contribution in [0.25, 0.3) is 0 Å². The highest BCUT2D eigenvalue weighted by Crippen LogP contribution is 2.31. The van der Waals surface area contributed by atoms with Crippen LogP contribution in [0.3, 0.4) is 0 Å². The Morgan fingerprint density at radius 1 is 1.67 bits per heavy atom. The van der Waals surface area contributed by atoms with E-state index in [0.29, 0.717) is 5.75 Å². The molecule has 0 saturated carbocycles. The molecule has 4 nitrogen and oxygen atoms in total. The fourth-order valence-corrected chi connectivity index (χ4v) is 3.70. The minimum Gasteiger partial charge on any atom is -0.477 e. The van der Waals surface area contributed by atoms with Gasteiger partial charge in [-0.3, -0.25) is 9.69 Å². The maximum Gasteiger partial charge on any atom is 0.352 e. The van der Waals surface area contributed by atoms with Gasteiger partial charge in [0, 0.05) is 17.1 Å². The van der Waals surface area contributed by atoms with Crippen LogP contribution in [0.1, 0.15) is 13.8 Å². The average Bonchev–Trinajstić information content (AvgIpc) is 2.16. The van der Waals surface area contributed by atoms with E-state index in [2.05, 4.69) is 22.6 Å². The molecule has 1 rings (SSSR count). The van der Waals surface area contributed by atoms with Crippen molar-refractivity contribution in [3.63, 3.8) is 0 Å². The zero-order valence-electron chi connectivity index (χ0n) is 8.49. The average molecular weight is 341 g/mol. The number of rotatable bonds is 2. The number of nitrogens with zero attached hydrogens (tertiary/aromatic N) is 1. The van der Waals surface area contributed by atoms with Gasteiger partial charge in [0.15, 0.2) is 0 Å². The normalized spacial score (nSPS) is 21.8. The maximum atomic E-state index is 11.4. The molecule has 0 saturated heterocycles. The highest BCUT2D eigenvalue weighted by atomic mass is 127. The standard InChI is InChI=1S/C9H12INO3S/c1-5-4-15-7(3-10)11(6(2)12)8(5)9(13)14/h7H,3-4H2,1-2H3,(H,13,14)/t7-/m1/s1. The first-order valence-electron chi connectivity index (χ1n) is 4.39. The summed E-state index contributed by atoms with van der Waals surface area (Å²) in [5.74, 6) is -0.544. The maximum absolute atomic E-state index is 11.4. The molecule has 0 radical (unpaired) electrons. The highest BCUT2D eigenvalue weighted by Gasteiger charge is 2.33. The van der Waals surface area contributed by atoms with Crippen LogP contribution < -0.4 is 0 Å². The number of alkyl halides is 1. The van der Waals surface area contributed by atoms with Crippen LogP contribution in [0.5, 0.6) is 0 Å². The number of thioether (sulfide) groups is 1. The van der Waals surface area contributed by atoms with E-state index >= 15 is 0 Å². The van der Waals surface area contributed by atoms with Crippen molar-refractivity contribution in [1.29, 1.82) is 0 Å². The van der Waals surface area contributed by atoms with E-state index in [9.17, 15) is 9.59 Å². The molecule has 0 aromatic heterocycles. The third-order valence-corrected chi connectivity index (χ3v) is 4.89. The lowest BCUT2D eigenvalue weighted by Crippen LogP contribution is -2.43. The molecule has 0 aromatic rings. The van der Waals surface area contributed by atoms with Gasteiger partial charge in [-0.2, -0.15) is 0 Å². The van der Waals surface area contributed by atoms with Crippen molar-refractivity contribution in [1.82, 2.24) is 4.90 Å². The zero-order valence-corrected chi connectivity index (χ0v) is 11.5. The van der Waals surface area contributed by atoms with Crippen molar-refractivity contribution in [3.05, 3.63) is 11.3 Å². The number of carboxylic acids is 1. The molecule has 0 aromatic carbocycles. The lowest BCUT2D eigenvalue weighted by molar-refractivity contribution is -0.139. The van der Waals surface area contributed by atoms with Crippen LogP contribution in [0.2, 0.25) is 0 Å². The first-order valence-corrected chi connectivity index (χ1v) is 6.97. The molecule has 0 bridgehead atoms. The molecule has 1 atom stereocenters. The number of amides is 1. The van der Waals surface area contributed by atoms with Crippen molar-refractivity contribution < 1.29 is 14.7 Å². The third kappa shape index (κ3) is 2.66. The van der Waals surface area contributed by atoms with Gasteiger partial charge in [0.1, 0.15) is 5.70 Å². The zero-order chi connectivity index (χ0) is 11.6. The van der Waals surface area contributed by atoms with E-state index in [4.69, 9.17) is 5.11 Å². The van der Waals surface area contributed by atoms with Crippen molar-refractivity contribution in [2.45, 2.75) is 19.2 Å². The summed E-state index contributed by atoms with van der Waals surface area (Å²) in [4.78, 5) is 23.9. The Kier molecular flexibility index (Phi) is 4.45. The summed E-state index contributed by atoms with van der Waals surface area (Å²) in [6, 6.07) is 0. The predicted octanol–water partition coefficient (Wildman–Crippen LogP) is 1.70. The van der Waals surface area contributed by atoms with E-state index in [1.54, 1.807) is 18.7 Å². The van der Waals surface area contributed by atoms with Crippen molar-refractivity contribution in [2.75, 3.05) is 10.2 Å². The summed E-state index contributed by atoms with van der Waals surface area (Å²) < 4.78 is 0.728. The first kappa shape index (κ1) is 12.8. The topological polar surface area (TPSA) is 57.6 Å². The van der Waals surface area contributed by atoms with E-state index in [-0.39, 0.29) is 17.0 Å². The lowest BCUT2D eigenvalue weighted by Gasteiger charge is -2.34. The number of aliphatic carboxylic acids is 1. The number of carboxylic acid groups (broad SMARTS) is 1. The van der Waals surface area contributed by atoms with Gasteiger partial charge in [-0.1, -0.05) is 22.6 Å². The van der Waals surface area contributed by atoms with E-state index < -0.39 is 5.97 Å². The largest absolute Gasteiger partial charge is 0.477 e. The smallest absolute Gasteiger partial charge is 0.352 e. The van der Waals surface area contributed by atoms with Crippen LogP contribution in [0.15, 0.2) is 11.3 Å². The Labute approximate surface area is 106 Å². The quantitative estimate of drug-likeness (QED) is 0.614. The second kappa shape index (κ2) is 5.20. The van der Waals surface area contributed by atoms with Crippen LogP contribution in [-0.2, 0) is 9.59 Å². The molecule has 0 aliphatic carbocycles. The molecule has 1 aliphatic heterocycles. The van der Waals surface area contributed by atoms with Crippen LogP contribution in [0.4, 0.5) is 0 Å². The minimum absolute atomic E-state index is 0.0575. The van der Waals surface area contributed by atoms with Gasteiger partial charge < -0.3 is 5.11 Å². The second-order valence-electron chi connectivity index (χ2n) is 3.24. The summed E-state index contributed by atoms with van der Waals surface area (Å²) in [7, 11) is 0. The fraction of sp³-hybridized carbons (Fsp3) is 0.556. The van der Waals surface area contributed by atoms with E-state index in [1.165, 1.54) is 11.8 Å². The van der Waals surface area contributed by atoms with Gasteiger partial charge in [-0.15, -0.1) is 11.8 Å². The first-order chi connectivity index (χ1) is 6.99. The molecule has 15 heavy (non-hydrogen) atoms. The molecule has 1 heterocycles. The minimum atomic E-state index is -1.02. The van der Waals surface area contributed by atoms with Gasteiger partial charge in [0.05, 0.1) is 5.37 Å². The lowest BCUT2D eigenvalue weighted by atomic mass is 10.2. The molecule has 6 heteroatoms. The van der Waals surface area contributed by atoms with Crippen LogP contribution >= 0.6 is 34.4 Å². The Morgan fingerprint density at radius 3 is 2.67 bits per heavy atom. The molecular formula is C9H12INO3S. The Morgan fingerprint density at radius 2 is 2.27 bits per heavy atom. The Hall–Kier alpha value is -0.240. The SMILES string of the molecule is CC(=O)N1C(C(=O)O)=C(C)CS[C@@H]1CI. The summed E-state index contributed by atoms with van der Waals surface area (Å²) >= 11 is 3.77.